The van der Waals surface area contributed by atoms with Gasteiger partial charge in [0.05, 0.1) is 16.9 Å². The summed E-state index contributed by atoms with van der Waals surface area (Å²) in [5.41, 5.74) is 0.482. The van der Waals surface area contributed by atoms with Crippen LogP contribution >= 0.6 is 0 Å². The van der Waals surface area contributed by atoms with Crippen LogP contribution in [0.3, 0.4) is 0 Å². The fourth-order valence-electron chi connectivity index (χ4n) is 3.39. The van der Waals surface area contributed by atoms with Gasteiger partial charge in [0.1, 0.15) is 5.82 Å². The van der Waals surface area contributed by atoms with E-state index in [1.54, 1.807) is 35.4 Å². The van der Waals surface area contributed by atoms with E-state index in [0.29, 0.717) is 48.1 Å². The van der Waals surface area contributed by atoms with Crippen molar-refractivity contribution in [2.45, 2.75) is 12.6 Å². The van der Waals surface area contributed by atoms with Crippen LogP contribution in [0.4, 0.5) is 41.2 Å². The van der Waals surface area contributed by atoms with Crippen LogP contribution in [-0.2, 0) is 6.18 Å². The molecule has 0 bridgehead atoms. The zero-order valence-corrected chi connectivity index (χ0v) is 18.0. The van der Waals surface area contributed by atoms with Crippen LogP contribution in [0.2, 0.25) is 0 Å². The first-order valence-corrected chi connectivity index (χ1v) is 10.2. The zero-order chi connectivity index (χ0) is 23.6. The summed E-state index contributed by atoms with van der Waals surface area (Å²) in [4.78, 5) is 29.3. The molecule has 11 heteroatoms. The van der Waals surface area contributed by atoms with Gasteiger partial charge in [-0.3, -0.25) is 10.2 Å². The van der Waals surface area contributed by atoms with Crippen molar-refractivity contribution in [2.75, 3.05) is 47.6 Å². The van der Waals surface area contributed by atoms with Crippen LogP contribution in [0.25, 0.3) is 11.3 Å². The lowest BCUT2D eigenvalue weighted by Crippen LogP contribution is -2.36. The van der Waals surface area contributed by atoms with Gasteiger partial charge in [-0.1, -0.05) is 12.1 Å². The number of hydrogen-bond donors (Lipinski definition) is 2. The first kappa shape index (κ1) is 22.3. The molecular weight excluding hydrogens is 435 g/mol. The Kier molecular flexibility index (Phi) is 6.03. The molecule has 1 aliphatic rings. The quantitative estimate of drug-likeness (QED) is 0.603. The third kappa shape index (κ3) is 4.97. The fourth-order valence-corrected chi connectivity index (χ4v) is 3.39. The number of pyridine rings is 1. The van der Waals surface area contributed by atoms with Gasteiger partial charge in [0, 0.05) is 38.9 Å². The van der Waals surface area contributed by atoms with Crippen molar-refractivity contribution >= 4 is 29.3 Å². The lowest BCUT2D eigenvalue weighted by atomic mass is 10.1. The molecule has 2 aromatic heterocycles. The minimum Gasteiger partial charge on any atom is -0.382 e. The van der Waals surface area contributed by atoms with E-state index in [-0.39, 0.29) is 5.95 Å². The van der Waals surface area contributed by atoms with Gasteiger partial charge in [0.2, 0.25) is 5.95 Å². The van der Waals surface area contributed by atoms with E-state index in [0.717, 1.165) is 12.1 Å². The first-order valence-electron chi connectivity index (χ1n) is 10.2. The number of nitrogens with one attached hydrogen (secondary N) is 2. The van der Waals surface area contributed by atoms with Crippen molar-refractivity contribution in [1.82, 2.24) is 15.0 Å². The molecule has 2 N–H and O–H groups in total. The van der Waals surface area contributed by atoms with Gasteiger partial charge in [0.15, 0.2) is 5.82 Å². The second-order valence-electron chi connectivity index (χ2n) is 7.64. The monoisotopic (exact) mass is 457 g/mol. The molecule has 0 fully saturated rings. The van der Waals surface area contributed by atoms with Crippen LogP contribution in [0.15, 0.2) is 48.7 Å². The predicted molar refractivity (Wildman–Crippen MR) is 121 cm³/mol. The smallest absolute Gasteiger partial charge is 0.382 e. The highest BCUT2D eigenvalue weighted by atomic mass is 19.4. The van der Waals surface area contributed by atoms with E-state index >= 15 is 0 Å². The summed E-state index contributed by atoms with van der Waals surface area (Å²) in [5, 5.41) is 5.90. The standard InChI is InChI=1S/C22H22F3N7O/c1-31(2)18-9-11-27-20(29-18)30-21(33)32-12-4-10-26-17-8-7-16(28-19(17)32)14-5-3-6-15(13-14)22(23,24)25/h3,5-9,11,13,26H,4,10,12H2,1-2H3,(H,27,29,30,33). The molecule has 4 rings (SSSR count). The molecule has 0 atom stereocenters. The van der Waals surface area contributed by atoms with Crippen molar-refractivity contribution in [3.8, 4) is 11.3 Å². The Bertz CT molecular complexity index is 1170. The van der Waals surface area contributed by atoms with Gasteiger partial charge in [-0.15, -0.1) is 0 Å². The number of benzene rings is 1. The molecule has 0 unspecified atom stereocenters. The second kappa shape index (κ2) is 8.93. The topological polar surface area (TPSA) is 86.3 Å². The molecule has 0 aliphatic carbocycles. The molecule has 1 aromatic carbocycles. The summed E-state index contributed by atoms with van der Waals surface area (Å²) in [6, 6.07) is 9.52. The van der Waals surface area contributed by atoms with Gasteiger partial charge in [-0.25, -0.2) is 14.8 Å². The van der Waals surface area contributed by atoms with Crippen LogP contribution in [0.5, 0.6) is 0 Å². The van der Waals surface area contributed by atoms with Gasteiger partial charge < -0.3 is 10.2 Å². The van der Waals surface area contributed by atoms with E-state index in [1.807, 2.05) is 14.1 Å². The molecule has 33 heavy (non-hydrogen) atoms. The Morgan fingerprint density at radius 1 is 1.15 bits per heavy atom. The zero-order valence-electron chi connectivity index (χ0n) is 18.0. The number of anilines is 4. The molecule has 172 valence electrons. The average molecular weight is 457 g/mol. The van der Waals surface area contributed by atoms with Crippen molar-refractivity contribution in [1.29, 1.82) is 0 Å². The second-order valence-corrected chi connectivity index (χ2v) is 7.64. The fraction of sp³-hybridized carbons (Fsp3) is 0.273. The van der Waals surface area contributed by atoms with Gasteiger partial charge in [-0.05, 0) is 36.8 Å². The number of alkyl halides is 3. The number of nitrogens with zero attached hydrogens (tertiary/aromatic N) is 5. The van der Waals surface area contributed by atoms with Crippen molar-refractivity contribution in [3.63, 3.8) is 0 Å². The Morgan fingerprint density at radius 2 is 1.97 bits per heavy atom. The number of carbonyl (C=O) groups excluding carboxylic acids is 1. The number of carbonyl (C=O) groups is 1. The summed E-state index contributed by atoms with van der Waals surface area (Å²) in [6.07, 6.45) is -2.27. The normalized spacial score (nSPS) is 13.5. The Hall–Kier alpha value is -3.89. The highest BCUT2D eigenvalue weighted by Crippen LogP contribution is 2.34. The Balaban J connectivity index is 1.66. The highest BCUT2D eigenvalue weighted by molar-refractivity contribution is 6.02. The van der Waals surface area contributed by atoms with E-state index in [4.69, 9.17) is 0 Å². The third-order valence-corrected chi connectivity index (χ3v) is 5.05. The molecule has 0 spiro atoms. The minimum absolute atomic E-state index is 0.138. The van der Waals surface area contributed by atoms with Gasteiger partial charge >= 0.3 is 12.2 Å². The van der Waals surface area contributed by atoms with Crippen LogP contribution in [0, 0.1) is 0 Å². The average Bonchev–Trinajstić information content (AvgIpc) is 3.01. The van der Waals surface area contributed by atoms with Crippen LogP contribution < -0.4 is 20.4 Å². The summed E-state index contributed by atoms with van der Waals surface area (Å²) in [5.74, 6) is 1.09. The number of aromatic nitrogens is 3. The number of rotatable bonds is 3. The maximum Gasteiger partial charge on any atom is 0.416 e. The Labute approximate surface area is 188 Å². The SMILES string of the molecule is CN(C)c1ccnc(NC(=O)N2CCCNc3ccc(-c4cccc(C(F)(F)F)c4)nc32)n1. The van der Waals surface area contributed by atoms with E-state index in [2.05, 4.69) is 25.6 Å². The molecular formula is C22H22F3N7O. The lowest BCUT2D eigenvalue weighted by molar-refractivity contribution is -0.137. The molecule has 0 saturated heterocycles. The molecule has 0 saturated carbocycles. The van der Waals surface area contributed by atoms with Crippen molar-refractivity contribution < 1.29 is 18.0 Å². The molecule has 0 radical (unpaired) electrons. The largest absolute Gasteiger partial charge is 0.416 e. The Morgan fingerprint density at radius 3 is 2.73 bits per heavy atom. The van der Waals surface area contributed by atoms with E-state index in [9.17, 15) is 18.0 Å². The van der Waals surface area contributed by atoms with Gasteiger partial charge in [0.25, 0.3) is 0 Å². The third-order valence-electron chi connectivity index (χ3n) is 5.05. The van der Waals surface area contributed by atoms with Crippen molar-refractivity contribution in [2.24, 2.45) is 0 Å². The first-order chi connectivity index (χ1) is 15.7. The lowest BCUT2D eigenvalue weighted by Gasteiger charge is -2.22. The number of hydrogen-bond acceptors (Lipinski definition) is 6. The number of amides is 2. The highest BCUT2D eigenvalue weighted by Gasteiger charge is 2.31. The van der Waals surface area contributed by atoms with Gasteiger partial charge in [-0.2, -0.15) is 18.2 Å². The summed E-state index contributed by atoms with van der Waals surface area (Å²) in [7, 11) is 3.65. The van der Waals surface area contributed by atoms with Crippen LogP contribution in [-0.4, -0.2) is 48.2 Å². The molecule has 1 aliphatic heterocycles. The molecule has 3 aromatic rings. The molecule has 2 amide bonds. The maximum absolute atomic E-state index is 13.2. The van der Waals surface area contributed by atoms with Crippen molar-refractivity contribution in [3.05, 3.63) is 54.2 Å². The molecule has 8 nitrogen and oxygen atoms in total. The number of urea groups is 1. The maximum atomic E-state index is 13.2. The van der Waals surface area contributed by atoms with E-state index < -0.39 is 17.8 Å². The summed E-state index contributed by atoms with van der Waals surface area (Å²) < 4.78 is 39.5. The number of fused-ring (bicyclic) bond motifs is 1. The summed E-state index contributed by atoms with van der Waals surface area (Å²) in [6.45, 7) is 0.978. The van der Waals surface area contributed by atoms with E-state index in [1.165, 1.54) is 11.0 Å². The minimum atomic E-state index is -4.46. The van der Waals surface area contributed by atoms with Crippen LogP contribution in [0.1, 0.15) is 12.0 Å². The number of halogens is 3. The predicted octanol–water partition coefficient (Wildman–Crippen LogP) is 4.48. The summed E-state index contributed by atoms with van der Waals surface area (Å²) >= 11 is 0. The molecule has 3 heterocycles.